The number of carbonyl (C=O) groups is 1. The van der Waals surface area contributed by atoms with Gasteiger partial charge in [0.25, 0.3) is 0 Å². The van der Waals surface area contributed by atoms with E-state index < -0.39 is 0 Å². The van der Waals surface area contributed by atoms with Crippen LogP contribution in [-0.2, 0) is 4.79 Å². The van der Waals surface area contributed by atoms with Crippen molar-refractivity contribution < 1.29 is 4.79 Å². The highest BCUT2D eigenvalue weighted by Gasteiger charge is 2.28. The number of pyridine rings is 1. The van der Waals surface area contributed by atoms with Gasteiger partial charge in [-0.25, -0.2) is 4.98 Å². The van der Waals surface area contributed by atoms with Crippen LogP contribution in [0.4, 0.5) is 11.6 Å². The molecule has 1 aromatic rings. The van der Waals surface area contributed by atoms with Crippen LogP contribution in [0, 0.1) is 5.92 Å². The van der Waals surface area contributed by atoms with E-state index >= 15 is 0 Å². The molecule has 7 heteroatoms. The summed E-state index contributed by atoms with van der Waals surface area (Å²) in [4.78, 5) is 17.1. The third-order valence-electron chi connectivity index (χ3n) is 2.83. The smallest absolute Gasteiger partial charge is 0.222 e. The fraction of sp³-hybridized carbons (Fsp3) is 0.400. The lowest BCUT2D eigenvalue weighted by Gasteiger charge is -2.19. The number of hydrogen-bond donors (Lipinski definition) is 2. The number of nitrogen functional groups attached to an aromatic ring is 1. The topological polar surface area (TPSA) is 85.2 Å². The molecule has 4 N–H and O–H groups in total. The Hall–Kier alpha value is -1.20. The first kappa shape index (κ1) is 12.3. The Kier molecular flexibility index (Phi) is 3.31. The van der Waals surface area contributed by atoms with E-state index in [1.54, 1.807) is 6.07 Å². The normalized spacial score (nSPS) is 19.6. The largest absolute Gasteiger partial charge is 0.382 e. The predicted octanol–water partition coefficient (Wildman–Crippen LogP) is 1.28. The molecule has 1 aliphatic heterocycles. The second-order valence-corrected chi connectivity index (χ2v) is 4.81. The van der Waals surface area contributed by atoms with E-state index in [1.807, 2.05) is 4.90 Å². The fourth-order valence-corrected chi connectivity index (χ4v) is 2.36. The fourth-order valence-electron chi connectivity index (χ4n) is 1.88. The van der Waals surface area contributed by atoms with E-state index in [-0.39, 0.29) is 17.6 Å². The van der Waals surface area contributed by atoms with E-state index in [4.69, 9.17) is 34.7 Å². The zero-order chi connectivity index (χ0) is 12.6. The number of amides is 1. The maximum atomic E-state index is 11.1. The molecule has 1 unspecified atom stereocenters. The molecule has 5 nitrogen and oxygen atoms in total. The van der Waals surface area contributed by atoms with Crippen molar-refractivity contribution in [2.75, 3.05) is 23.7 Å². The molecular weight excluding hydrogens is 263 g/mol. The van der Waals surface area contributed by atoms with Gasteiger partial charge in [-0.2, -0.15) is 0 Å². The third-order valence-corrected chi connectivity index (χ3v) is 3.41. The van der Waals surface area contributed by atoms with Gasteiger partial charge in [0.1, 0.15) is 11.6 Å². The van der Waals surface area contributed by atoms with E-state index in [9.17, 15) is 4.79 Å². The molecule has 1 aliphatic rings. The van der Waals surface area contributed by atoms with Gasteiger partial charge >= 0.3 is 0 Å². The van der Waals surface area contributed by atoms with Crippen LogP contribution < -0.4 is 16.4 Å². The standard InChI is InChI=1S/C10H12Cl2N4O/c11-6-3-7(12)10(15-8(6)13)16-2-1-5(4-16)9(14)17/h3,5H,1-2,4H2,(H2,13,15)(H2,14,17). The SMILES string of the molecule is NC(=O)C1CCN(c2nc(N)c(Cl)cc2Cl)C1. The van der Waals surface area contributed by atoms with Crippen molar-refractivity contribution in [3.05, 3.63) is 16.1 Å². The summed E-state index contributed by atoms with van der Waals surface area (Å²) < 4.78 is 0. The van der Waals surface area contributed by atoms with Crippen molar-refractivity contribution in [1.82, 2.24) is 4.98 Å². The molecule has 1 fully saturated rings. The summed E-state index contributed by atoms with van der Waals surface area (Å²) in [6.07, 6.45) is 0.704. The first-order valence-electron chi connectivity index (χ1n) is 5.15. The molecule has 0 spiro atoms. The van der Waals surface area contributed by atoms with Gasteiger partial charge in [0.15, 0.2) is 0 Å². The van der Waals surface area contributed by atoms with Crippen LogP contribution in [-0.4, -0.2) is 24.0 Å². The molecule has 92 valence electrons. The van der Waals surface area contributed by atoms with Crippen molar-refractivity contribution in [3.63, 3.8) is 0 Å². The summed E-state index contributed by atoms with van der Waals surface area (Å²) in [5, 5.41) is 0.749. The lowest BCUT2D eigenvalue weighted by Crippen LogP contribution is -2.28. The Morgan fingerprint density at radius 3 is 2.76 bits per heavy atom. The van der Waals surface area contributed by atoms with Crippen LogP contribution in [0.5, 0.6) is 0 Å². The molecule has 1 aromatic heterocycles. The van der Waals surface area contributed by atoms with E-state index in [0.29, 0.717) is 35.4 Å². The Labute approximate surface area is 109 Å². The average molecular weight is 275 g/mol. The van der Waals surface area contributed by atoms with Crippen LogP contribution in [0.2, 0.25) is 10.0 Å². The van der Waals surface area contributed by atoms with E-state index in [1.165, 1.54) is 0 Å². The van der Waals surface area contributed by atoms with Crippen LogP contribution in [0.15, 0.2) is 6.07 Å². The monoisotopic (exact) mass is 274 g/mol. The van der Waals surface area contributed by atoms with Gasteiger partial charge in [0.2, 0.25) is 5.91 Å². The van der Waals surface area contributed by atoms with Gasteiger partial charge in [0.05, 0.1) is 16.0 Å². The molecule has 0 aliphatic carbocycles. The summed E-state index contributed by atoms with van der Waals surface area (Å²) in [6.45, 7) is 1.20. The van der Waals surface area contributed by atoms with Gasteiger partial charge < -0.3 is 16.4 Å². The van der Waals surface area contributed by atoms with Crippen molar-refractivity contribution in [3.8, 4) is 0 Å². The maximum absolute atomic E-state index is 11.1. The molecule has 0 aromatic carbocycles. The van der Waals surface area contributed by atoms with Crippen molar-refractivity contribution in [1.29, 1.82) is 0 Å². The highest BCUT2D eigenvalue weighted by atomic mass is 35.5. The van der Waals surface area contributed by atoms with Gasteiger partial charge in [0, 0.05) is 13.1 Å². The van der Waals surface area contributed by atoms with Crippen molar-refractivity contribution in [2.24, 2.45) is 11.7 Å². The molecule has 0 bridgehead atoms. The Morgan fingerprint density at radius 2 is 2.18 bits per heavy atom. The molecule has 1 saturated heterocycles. The quantitative estimate of drug-likeness (QED) is 0.851. The van der Waals surface area contributed by atoms with Gasteiger partial charge in [-0.1, -0.05) is 23.2 Å². The minimum absolute atomic E-state index is 0.162. The molecule has 1 amide bonds. The van der Waals surface area contributed by atoms with Crippen molar-refractivity contribution >= 4 is 40.7 Å². The number of anilines is 2. The minimum atomic E-state index is -0.300. The van der Waals surface area contributed by atoms with E-state index in [0.717, 1.165) is 0 Å². The van der Waals surface area contributed by atoms with Gasteiger partial charge in [-0.3, -0.25) is 4.79 Å². The predicted molar refractivity (Wildman–Crippen MR) is 68.2 cm³/mol. The molecule has 2 rings (SSSR count). The number of hydrogen-bond acceptors (Lipinski definition) is 4. The molecule has 0 saturated carbocycles. The maximum Gasteiger partial charge on any atom is 0.222 e. The third kappa shape index (κ3) is 2.40. The summed E-state index contributed by atoms with van der Waals surface area (Å²) in [7, 11) is 0. The number of carbonyl (C=O) groups excluding carboxylic acids is 1. The second-order valence-electron chi connectivity index (χ2n) is 3.99. The summed E-state index contributed by atoms with van der Waals surface area (Å²) in [6, 6.07) is 1.55. The number of primary amides is 1. The molecule has 1 atom stereocenters. The lowest BCUT2D eigenvalue weighted by molar-refractivity contribution is -0.121. The zero-order valence-corrected chi connectivity index (χ0v) is 10.5. The molecular formula is C10H12Cl2N4O. The Morgan fingerprint density at radius 1 is 1.47 bits per heavy atom. The highest BCUT2D eigenvalue weighted by Crippen LogP contribution is 2.32. The minimum Gasteiger partial charge on any atom is -0.382 e. The first-order chi connectivity index (χ1) is 7.99. The second kappa shape index (κ2) is 4.58. The highest BCUT2D eigenvalue weighted by molar-refractivity contribution is 6.37. The number of rotatable bonds is 2. The van der Waals surface area contributed by atoms with Crippen molar-refractivity contribution in [2.45, 2.75) is 6.42 Å². The lowest BCUT2D eigenvalue weighted by atomic mass is 10.1. The summed E-state index contributed by atoms with van der Waals surface area (Å²) in [5.74, 6) is 0.321. The van der Waals surface area contributed by atoms with Crippen LogP contribution in [0.1, 0.15) is 6.42 Å². The van der Waals surface area contributed by atoms with Crippen LogP contribution >= 0.6 is 23.2 Å². The average Bonchev–Trinajstić information content (AvgIpc) is 2.72. The molecule has 17 heavy (non-hydrogen) atoms. The molecule has 0 radical (unpaired) electrons. The number of nitrogens with zero attached hydrogens (tertiary/aromatic N) is 2. The Balaban J connectivity index is 2.24. The van der Waals surface area contributed by atoms with Gasteiger partial charge in [-0.15, -0.1) is 0 Å². The number of aromatic nitrogens is 1. The molecule has 2 heterocycles. The van der Waals surface area contributed by atoms with Crippen LogP contribution in [0.3, 0.4) is 0 Å². The van der Waals surface area contributed by atoms with Gasteiger partial charge in [-0.05, 0) is 12.5 Å². The Bertz CT molecular complexity index is 466. The van der Waals surface area contributed by atoms with Crippen LogP contribution in [0.25, 0.3) is 0 Å². The van der Waals surface area contributed by atoms with E-state index in [2.05, 4.69) is 4.98 Å². The zero-order valence-electron chi connectivity index (χ0n) is 8.99. The first-order valence-corrected chi connectivity index (χ1v) is 5.90. The summed E-state index contributed by atoms with van der Waals surface area (Å²) >= 11 is 11.9. The number of nitrogens with two attached hydrogens (primary N) is 2. The summed E-state index contributed by atoms with van der Waals surface area (Å²) in [5.41, 5.74) is 10.9. The number of halogens is 2.